The molecule has 0 spiro atoms. The third-order valence-corrected chi connectivity index (χ3v) is 5.15. The number of hydrogen-bond donors (Lipinski definition) is 0. The van der Waals surface area contributed by atoms with E-state index in [0.29, 0.717) is 28.9 Å². The monoisotopic (exact) mass is 383 g/mol. The molecule has 0 N–H and O–H groups in total. The zero-order valence-electron chi connectivity index (χ0n) is 15.5. The van der Waals surface area contributed by atoms with Crippen molar-refractivity contribution in [3.63, 3.8) is 0 Å². The number of fused-ring (bicyclic) bond motifs is 1. The SMILES string of the molecule is CCOC(=O)c1c(C=O)n(Cc2ccc(SC)cc2)c2cc(OC)ccc12. The van der Waals surface area contributed by atoms with E-state index in [9.17, 15) is 9.59 Å². The maximum atomic E-state index is 12.5. The molecule has 3 aromatic rings. The maximum Gasteiger partial charge on any atom is 0.341 e. The number of benzene rings is 2. The second kappa shape index (κ2) is 8.31. The fraction of sp³-hybridized carbons (Fsp3) is 0.238. The van der Waals surface area contributed by atoms with Crippen molar-refractivity contribution in [3.8, 4) is 5.75 Å². The number of thioether (sulfide) groups is 1. The van der Waals surface area contributed by atoms with Crippen LogP contribution >= 0.6 is 11.8 Å². The molecule has 27 heavy (non-hydrogen) atoms. The second-order valence-corrected chi connectivity index (χ2v) is 6.80. The minimum absolute atomic E-state index is 0.246. The highest BCUT2D eigenvalue weighted by molar-refractivity contribution is 7.98. The van der Waals surface area contributed by atoms with E-state index >= 15 is 0 Å². The summed E-state index contributed by atoms with van der Waals surface area (Å²) >= 11 is 1.67. The van der Waals surface area contributed by atoms with Crippen molar-refractivity contribution in [2.24, 2.45) is 0 Å². The van der Waals surface area contributed by atoms with Crippen molar-refractivity contribution >= 4 is 34.9 Å². The molecule has 3 rings (SSSR count). The number of esters is 1. The van der Waals surface area contributed by atoms with Crippen LogP contribution < -0.4 is 4.74 Å². The highest BCUT2D eigenvalue weighted by Crippen LogP contribution is 2.30. The number of nitrogens with zero attached hydrogens (tertiary/aromatic N) is 1. The molecular weight excluding hydrogens is 362 g/mol. The van der Waals surface area contributed by atoms with Crippen molar-refractivity contribution < 1.29 is 19.1 Å². The van der Waals surface area contributed by atoms with E-state index in [2.05, 4.69) is 0 Å². The van der Waals surface area contributed by atoms with Crippen LogP contribution in [0.4, 0.5) is 0 Å². The van der Waals surface area contributed by atoms with Gasteiger partial charge in [0.05, 0.1) is 30.5 Å². The predicted molar refractivity (Wildman–Crippen MR) is 107 cm³/mol. The first-order valence-corrected chi connectivity index (χ1v) is 9.80. The Morgan fingerprint density at radius 1 is 1.19 bits per heavy atom. The summed E-state index contributed by atoms with van der Waals surface area (Å²) < 4.78 is 12.4. The van der Waals surface area contributed by atoms with Crippen LogP contribution in [0, 0.1) is 0 Å². The van der Waals surface area contributed by atoms with Crippen LogP contribution in [0.3, 0.4) is 0 Å². The summed E-state index contributed by atoms with van der Waals surface area (Å²) in [5.74, 6) is 0.165. The molecule has 0 amide bonds. The average Bonchev–Trinajstić information content (AvgIpc) is 3.01. The number of aldehydes is 1. The van der Waals surface area contributed by atoms with Gasteiger partial charge in [-0.15, -0.1) is 11.8 Å². The van der Waals surface area contributed by atoms with Gasteiger partial charge in [-0.3, -0.25) is 4.79 Å². The molecule has 0 bridgehead atoms. The standard InChI is InChI=1S/C21H21NO4S/c1-4-26-21(24)20-17-10-7-15(25-2)11-18(17)22(19(20)13-23)12-14-5-8-16(27-3)9-6-14/h5-11,13H,4,12H2,1-3H3. The molecule has 1 heterocycles. The number of methoxy groups -OCH3 is 1. The third-order valence-electron chi connectivity index (χ3n) is 4.40. The minimum atomic E-state index is -0.494. The molecule has 1 aromatic heterocycles. The van der Waals surface area contributed by atoms with E-state index in [1.54, 1.807) is 37.9 Å². The van der Waals surface area contributed by atoms with Gasteiger partial charge in [0.25, 0.3) is 0 Å². The Hall–Kier alpha value is -2.73. The summed E-state index contributed by atoms with van der Waals surface area (Å²) in [7, 11) is 1.59. The van der Waals surface area contributed by atoms with E-state index in [1.807, 2.05) is 41.2 Å². The minimum Gasteiger partial charge on any atom is -0.497 e. The molecule has 0 aliphatic carbocycles. The molecule has 2 aromatic carbocycles. The van der Waals surface area contributed by atoms with Crippen molar-refractivity contribution in [3.05, 3.63) is 59.3 Å². The van der Waals surface area contributed by atoms with Gasteiger partial charge in [-0.2, -0.15) is 0 Å². The second-order valence-electron chi connectivity index (χ2n) is 5.92. The Morgan fingerprint density at radius 2 is 1.93 bits per heavy atom. The van der Waals surface area contributed by atoms with Gasteiger partial charge in [0.1, 0.15) is 5.75 Å². The molecule has 6 heteroatoms. The van der Waals surface area contributed by atoms with Gasteiger partial charge in [0, 0.05) is 22.9 Å². The van der Waals surface area contributed by atoms with Crippen LogP contribution in [-0.2, 0) is 11.3 Å². The topological polar surface area (TPSA) is 57.5 Å². The molecule has 0 aliphatic heterocycles. The quantitative estimate of drug-likeness (QED) is 0.344. The Bertz CT molecular complexity index is 976. The van der Waals surface area contributed by atoms with Gasteiger partial charge in [-0.1, -0.05) is 12.1 Å². The summed E-state index contributed by atoms with van der Waals surface area (Å²) in [5, 5.41) is 0.678. The number of aromatic nitrogens is 1. The van der Waals surface area contributed by atoms with E-state index < -0.39 is 5.97 Å². The summed E-state index contributed by atoms with van der Waals surface area (Å²) in [6, 6.07) is 13.5. The largest absolute Gasteiger partial charge is 0.497 e. The summed E-state index contributed by atoms with van der Waals surface area (Å²) in [4.78, 5) is 25.6. The molecule has 0 atom stereocenters. The lowest BCUT2D eigenvalue weighted by molar-refractivity contribution is 0.0526. The number of ether oxygens (including phenoxy) is 2. The molecule has 140 valence electrons. The van der Waals surface area contributed by atoms with Gasteiger partial charge >= 0.3 is 5.97 Å². The maximum absolute atomic E-state index is 12.5. The molecule has 0 unspecified atom stereocenters. The fourth-order valence-corrected chi connectivity index (χ4v) is 3.51. The summed E-state index contributed by atoms with van der Waals surface area (Å²) in [6.07, 6.45) is 2.74. The lowest BCUT2D eigenvalue weighted by Crippen LogP contribution is -2.10. The van der Waals surface area contributed by atoms with Crippen molar-refractivity contribution in [2.45, 2.75) is 18.4 Å². The molecule has 0 saturated heterocycles. The van der Waals surface area contributed by atoms with Crippen LogP contribution in [0.2, 0.25) is 0 Å². The van der Waals surface area contributed by atoms with Gasteiger partial charge in [0.15, 0.2) is 6.29 Å². The van der Waals surface area contributed by atoms with Gasteiger partial charge < -0.3 is 14.0 Å². The molecule has 0 aliphatic rings. The van der Waals surface area contributed by atoms with Crippen LogP contribution in [0.1, 0.15) is 33.3 Å². The van der Waals surface area contributed by atoms with Crippen LogP contribution in [0.25, 0.3) is 10.9 Å². The van der Waals surface area contributed by atoms with Crippen LogP contribution in [0.15, 0.2) is 47.4 Å². The lowest BCUT2D eigenvalue weighted by Gasteiger charge is -2.09. The van der Waals surface area contributed by atoms with E-state index in [-0.39, 0.29) is 6.61 Å². The van der Waals surface area contributed by atoms with Crippen LogP contribution in [-0.4, -0.2) is 36.8 Å². The smallest absolute Gasteiger partial charge is 0.341 e. The van der Waals surface area contributed by atoms with Crippen molar-refractivity contribution in [1.29, 1.82) is 0 Å². The number of carbonyl (C=O) groups is 2. The van der Waals surface area contributed by atoms with Crippen LogP contribution in [0.5, 0.6) is 5.75 Å². The first kappa shape index (κ1) is 19.0. The van der Waals surface area contributed by atoms with Gasteiger partial charge in [-0.05, 0) is 43.0 Å². The van der Waals surface area contributed by atoms with Gasteiger partial charge in [-0.25, -0.2) is 4.79 Å². The average molecular weight is 383 g/mol. The molecular formula is C21H21NO4S. The molecule has 0 fully saturated rings. The Morgan fingerprint density at radius 3 is 2.52 bits per heavy atom. The normalized spacial score (nSPS) is 10.8. The first-order chi connectivity index (χ1) is 13.1. The lowest BCUT2D eigenvalue weighted by atomic mass is 10.1. The third kappa shape index (κ3) is 3.71. The van der Waals surface area contributed by atoms with Gasteiger partial charge in [0.2, 0.25) is 0 Å². The number of rotatable bonds is 7. The zero-order chi connectivity index (χ0) is 19.4. The van der Waals surface area contributed by atoms with Crippen molar-refractivity contribution in [1.82, 2.24) is 4.57 Å². The Labute approximate surface area is 162 Å². The summed E-state index contributed by atoms with van der Waals surface area (Å²) in [6.45, 7) is 2.45. The molecule has 0 saturated carbocycles. The highest BCUT2D eigenvalue weighted by Gasteiger charge is 2.24. The fourth-order valence-electron chi connectivity index (χ4n) is 3.10. The number of hydrogen-bond acceptors (Lipinski definition) is 5. The highest BCUT2D eigenvalue weighted by atomic mass is 32.2. The summed E-state index contributed by atoms with van der Waals surface area (Å²) in [5.41, 5.74) is 2.40. The first-order valence-electron chi connectivity index (χ1n) is 8.58. The number of carbonyl (C=O) groups excluding carboxylic acids is 2. The predicted octanol–water partition coefficient (Wildman–Crippen LogP) is 4.41. The van der Waals surface area contributed by atoms with E-state index in [0.717, 1.165) is 17.4 Å². The Kier molecular flexibility index (Phi) is 5.86. The zero-order valence-corrected chi connectivity index (χ0v) is 16.3. The van der Waals surface area contributed by atoms with Crippen molar-refractivity contribution in [2.75, 3.05) is 20.0 Å². The Balaban J connectivity index is 2.18. The molecule has 5 nitrogen and oxygen atoms in total. The van der Waals surface area contributed by atoms with E-state index in [4.69, 9.17) is 9.47 Å². The molecule has 0 radical (unpaired) electrons. The van der Waals surface area contributed by atoms with E-state index in [1.165, 1.54) is 4.90 Å².